The van der Waals surface area contributed by atoms with Crippen LogP contribution in [-0.4, -0.2) is 37.0 Å². The van der Waals surface area contributed by atoms with E-state index in [9.17, 15) is 4.79 Å². The van der Waals surface area contributed by atoms with E-state index in [4.69, 9.17) is 16.3 Å². The molecule has 1 aliphatic rings. The normalized spacial score (nSPS) is 14.2. The predicted molar refractivity (Wildman–Crippen MR) is 80.1 cm³/mol. The fourth-order valence-corrected chi connectivity index (χ4v) is 2.46. The molecule has 0 saturated heterocycles. The van der Waals surface area contributed by atoms with Crippen LogP contribution in [0.25, 0.3) is 0 Å². The van der Waals surface area contributed by atoms with Gasteiger partial charge in [0.15, 0.2) is 6.61 Å². The van der Waals surface area contributed by atoms with Gasteiger partial charge in [-0.3, -0.25) is 4.79 Å². The van der Waals surface area contributed by atoms with E-state index in [2.05, 4.69) is 5.32 Å². The Morgan fingerprint density at radius 2 is 2.25 bits per heavy atom. The van der Waals surface area contributed by atoms with Gasteiger partial charge in [0.2, 0.25) is 0 Å². The average Bonchev–Trinajstić information content (AvgIpc) is 3.24. The Hall–Kier alpha value is -1.26. The third kappa shape index (κ3) is 3.87. The summed E-state index contributed by atoms with van der Waals surface area (Å²) in [5.41, 5.74) is 0.960. The Kier molecular flexibility index (Phi) is 5.26. The monoisotopic (exact) mass is 296 g/mol. The van der Waals surface area contributed by atoms with Gasteiger partial charge in [0.05, 0.1) is 0 Å². The maximum Gasteiger partial charge on any atom is 0.260 e. The van der Waals surface area contributed by atoms with E-state index in [1.54, 1.807) is 6.07 Å². The Morgan fingerprint density at radius 3 is 2.85 bits per heavy atom. The molecule has 110 valence electrons. The SMILES string of the molecule is CCN(C(=O)COc1ccc(Cl)cc1CNC)C1CC1. The minimum atomic E-state index is 0.0559. The number of nitrogens with one attached hydrogen (secondary N) is 1. The number of carbonyl (C=O) groups excluding carboxylic acids is 1. The fourth-order valence-electron chi connectivity index (χ4n) is 2.26. The first kappa shape index (κ1) is 15.1. The number of carbonyl (C=O) groups is 1. The summed E-state index contributed by atoms with van der Waals surface area (Å²) in [5.74, 6) is 0.768. The maximum atomic E-state index is 12.1. The zero-order chi connectivity index (χ0) is 14.5. The molecule has 4 nitrogen and oxygen atoms in total. The summed E-state index contributed by atoms with van der Waals surface area (Å²) in [6.45, 7) is 3.49. The highest BCUT2D eigenvalue weighted by molar-refractivity contribution is 6.30. The van der Waals surface area contributed by atoms with Crippen molar-refractivity contribution in [1.29, 1.82) is 0 Å². The highest BCUT2D eigenvalue weighted by Crippen LogP contribution is 2.27. The van der Waals surface area contributed by atoms with Gasteiger partial charge in [0, 0.05) is 29.7 Å². The van der Waals surface area contributed by atoms with Gasteiger partial charge >= 0.3 is 0 Å². The number of hydrogen-bond acceptors (Lipinski definition) is 3. The summed E-state index contributed by atoms with van der Waals surface area (Å²) in [6, 6.07) is 5.88. The number of hydrogen-bond donors (Lipinski definition) is 1. The van der Waals surface area contributed by atoms with E-state index in [-0.39, 0.29) is 12.5 Å². The van der Waals surface area contributed by atoms with Gasteiger partial charge < -0.3 is 15.0 Å². The molecule has 0 radical (unpaired) electrons. The number of amides is 1. The van der Waals surface area contributed by atoms with Crippen LogP contribution in [0.2, 0.25) is 5.02 Å². The van der Waals surface area contributed by atoms with Crippen LogP contribution in [0.1, 0.15) is 25.3 Å². The van der Waals surface area contributed by atoms with Crippen LogP contribution >= 0.6 is 11.6 Å². The molecule has 20 heavy (non-hydrogen) atoms. The summed E-state index contributed by atoms with van der Waals surface area (Å²) < 4.78 is 5.68. The van der Waals surface area contributed by atoms with Crippen LogP contribution in [0, 0.1) is 0 Å². The lowest BCUT2D eigenvalue weighted by Gasteiger charge is -2.21. The Bertz CT molecular complexity index is 475. The summed E-state index contributed by atoms with van der Waals surface area (Å²) >= 11 is 5.98. The molecular formula is C15H21ClN2O2. The minimum absolute atomic E-state index is 0.0559. The fraction of sp³-hybridized carbons (Fsp3) is 0.533. The molecule has 0 aliphatic heterocycles. The molecule has 0 spiro atoms. The predicted octanol–water partition coefficient (Wildman–Crippen LogP) is 2.45. The van der Waals surface area contributed by atoms with E-state index >= 15 is 0 Å². The summed E-state index contributed by atoms with van der Waals surface area (Å²) in [6.07, 6.45) is 2.23. The maximum absolute atomic E-state index is 12.1. The zero-order valence-electron chi connectivity index (χ0n) is 12.0. The first-order valence-corrected chi connectivity index (χ1v) is 7.38. The quantitative estimate of drug-likeness (QED) is 0.840. The molecule has 1 aromatic rings. The van der Waals surface area contributed by atoms with Gasteiger partial charge in [0.1, 0.15) is 5.75 Å². The zero-order valence-corrected chi connectivity index (χ0v) is 12.7. The lowest BCUT2D eigenvalue weighted by molar-refractivity contribution is -0.133. The molecular weight excluding hydrogens is 276 g/mol. The second kappa shape index (κ2) is 6.95. The van der Waals surface area contributed by atoms with Gasteiger partial charge in [-0.1, -0.05) is 11.6 Å². The number of benzene rings is 1. The summed E-state index contributed by atoms with van der Waals surface area (Å²) in [7, 11) is 1.86. The van der Waals surface area contributed by atoms with Gasteiger partial charge in [0.25, 0.3) is 5.91 Å². The molecule has 1 fully saturated rings. The number of nitrogens with zero attached hydrogens (tertiary/aromatic N) is 1. The van der Waals surface area contributed by atoms with E-state index in [1.807, 2.05) is 31.0 Å². The first-order valence-electron chi connectivity index (χ1n) is 7.01. The van der Waals surface area contributed by atoms with E-state index in [1.165, 1.54) is 0 Å². The van der Waals surface area contributed by atoms with Gasteiger partial charge in [-0.25, -0.2) is 0 Å². The first-order chi connectivity index (χ1) is 9.65. The number of likely N-dealkylation sites (N-methyl/N-ethyl adjacent to an activating group) is 1. The van der Waals surface area contributed by atoms with Crippen LogP contribution in [0.4, 0.5) is 0 Å². The highest BCUT2D eigenvalue weighted by Gasteiger charge is 2.31. The molecule has 0 heterocycles. The molecule has 1 saturated carbocycles. The Balaban J connectivity index is 1.97. The second-order valence-corrected chi connectivity index (χ2v) is 5.42. The molecule has 0 unspecified atom stereocenters. The summed E-state index contributed by atoms with van der Waals surface area (Å²) in [4.78, 5) is 14.0. The van der Waals surface area contributed by atoms with Crippen molar-refractivity contribution in [2.24, 2.45) is 0 Å². The molecule has 0 aromatic heterocycles. The molecule has 0 atom stereocenters. The largest absolute Gasteiger partial charge is 0.483 e. The Labute approximate surface area is 125 Å². The van der Waals surface area contributed by atoms with E-state index in [0.717, 1.165) is 24.9 Å². The van der Waals surface area contributed by atoms with E-state index < -0.39 is 0 Å². The van der Waals surface area contributed by atoms with Crippen molar-refractivity contribution in [3.05, 3.63) is 28.8 Å². The van der Waals surface area contributed by atoms with Crippen LogP contribution in [0.15, 0.2) is 18.2 Å². The van der Waals surface area contributed by atoms with Crippen LogP contribution < -0.4 is 10.1 Å². The topological polar surface area (TPSA) is 41.6 Å². The second-order valence-electron chi connectivity index (χ2n) is 4.98. The summed E-state index contributed by atoms with van der Waals surface area (Å²) in [5, 5.41) is 3.74. The van der Waals surface area contributed by atoms with Crippen molar-refractivity contribution >= 4 is 17.5 Å². The number of halogens is 1. The number of ether oxygens (including phenoxy) is 1. The third-order valence-electron chi connectivity index (χ3n) is 3.39. The lowest BCUT2D eigenvalue weighted by Crippen LogP contribution is -2.36. The minimum Gasteiger partial charge on any atom is -0.483 e. The average molecular weight is 297 g/mol. The molecule has 1 aromatic carbocycles. The van der Waals surface area contributed by atoms with Crippen molar-refractivity contribution in [3.63, 3.8) is 0 Å². The molecule has 0 bridgehead atoms. The van der Waals surface area contributed by atoms with Crippen LogP contribution in [-0.2, 0) is 11.3 Å². The standard InChI is InChI=1S/C15H21ClN2O2/c1-3-18(13-5-6-13)15(19)10-20-14-7-4-12(16)8-11(14)9-17-2/h4,7-8,13,17H,3,5-6,9-10H2,1-2H3. The van der Waals surface area contributed by atoms with E-state index in [0.29, 0.717) is 23.4 Å². The molecule has 1 amide bonds. The highest BCUT2D eigenvalue weighted by atomic mass is 35.5. The van der Waals surface area contributed by atoms with Crippen molar-refractivity contribution in [1.82, 2.24) is 10.2 Å². The molecule has 5 heteroatoms. The molecule has 2 rings (SSSR count). The van der Waals surface area contributed by atoms with Crippen molar-refractivity contribution < 1.29 is 9.53 Å². The van der Waals surface area contributed by atoms with Crippen molar-refractivity contribution in [3.8, 4) is 5.75 Å². The van der Waals surface area contributed by atoms with Gasteiger partial charge in [-0.2, -0.15) is 0 Å². The Morgan fingerprint density at radius 1 is 1.50 bits per heavy atom. The van der Waals surface area contributed by atoms with Gasteiger partial charge in [-0.05, 0) is 45.0 Å². The third-order valence-corrected chi connectivity index (χ3v) is 3.62. The van der Waals surface area contributed by atoms with Crippen LogP contribution in [0.5, 0.6) is 5.75 Å². The van der Waals surface area contributed by atoms with Gasteiger partial charge in [-0.15, -0.1) is 0 Å². The van der Waals surface area contributed by atoms with Crippen molar-refractivity contribution in [2.75, 3.05) is 20.2 Å². The molecule has 1 N–H and O–H groups in total. The van der Waals surface area contributed by atoms with Crippen molar-refractivity contribution in [2.45, 2.75) is 32.4 Å². The number of rotatable bonds is 7. The van der Waals surface area contributed by atoms with Crippen LogP contribution in [0.3, 0.4) is 0 Å². The molecule has 1 aliphatic carbocycles. The smallest absolute Gasteiger partial charge is 0.260 e. The lowest BCUT2D eigenvalue weighted by atomic mass is 10.2.